The van der Waals surface area contributed by atoms with Crippen LogP contribution >= 0.6 is 31.9 Å². The largest absolute Gasteiger partial charge is 0.495 e. The molecule has 0 spiro atoms. The Morgan fingerprint density at radius 1 is 0.625 bits per heavy atom. The van der Waals surface area contributed by atoms with E-state index in [0.29, 0.717) is 0 Å². The topological polar surface area (TPSA) is 18.5 Å². The molecule has 0 aromatic heterocycles. The lowest BCUT2D eigenvalue weighted by Crippen LogP contribution is -2.03. The monoisotopic (exact) mass is 462 g/mol. The van der Waals surface area contributed by atoms with Gasteiger partial charge in [-0.25, -0.2) is 0 Å². The van der Waals surface area contributed by atoms with Crippen molar-refractivity contribution in [1.29, 1.82) is 0 Å². The molecule has 24 heavy (non-hydrogen) atoms. The number of halogens is 2. The van der Waals surface area contributed by atoms with Crippen molar-refractivity contribution in [3.05, 3.63) is 20.1 Å². The molecule has 0 aliphatic carbocycles. The molecular weight excluding hydrogens is 432 g/mol. The van der Waals surface area contributed by atoms with Gasteiger partial charge in [0, 0.05) is 11.1 Å². The van der Waals surface area contributed by atoms with E-state index in [2.05, 4.69) is 45.7 Å². The van der Waals surface area contributed by atoms with E-state index in [9.17, 15) is 0 Å². The van der Waals surface area contributed by atoms with Crippen LogP contribution in [0.1, 0.15) is 76.3 Å². The third kappa shape index (κ3) is 5.94. The van der Waals surface area contributed by atoms with Crippen molar-refractivity contribution in [2.75, 3.05) is 14.2 Å². The molecular formula is C20H32Br2O2. The summed E-state index contributed by atoms with van der Waals surface area (Å²) in [6.45, 7) is 4.48. The first-order valence-corrected chi connectivity index (χ1v) is 10.8. The van der Waals surface area contributed by atoms with Gasteiger partial charge in [0.15, 0.2) is 0 Å². The molecule has 1 aromatic rings. The second kappa shape index (κ2) is 12.2. The van der Waals surface area contributed by atoms with Gasteiger partial charge in [-0.1, -0.05) is 52.4 Å². The molecule has 0 amide bonds. The average Bonchev–Trinajstić information content (AvgIpc) is 2.59. The van der Waals surface area contributed by atoms with Crippen LogP contribution in [0.3, 0.4) is 0 Å². The normalized spacial score (nSPS) is 10.9. The number of hydrogen-bond acceptors (Lipinski definition) is 2. The fourth-order valence-electron chi connectivity index (χ4n) is 3.07. The Kier molecular flexibility index (Phi) is 11.1. The summed E-state index contributed by atoms with van der Waals surface area (Å²) in [6.07, 6.45) is 12.0. The maximum absolute atomic E-state index is 5.75. The summed E-state index contributed by atoms with van der Waals surface area (Å²) in [5.41, 5.74) is 2.43. The molecule has 0 bridgehead atoms. The minimum Gasteiger partial charge on any atom is -0.495 e. The number of hydrogen-bond donors (Lipinski definition) is 0. The molecule has 0 saturated carbocycles. The average molecular weight is 464 g/mol. The van der Waals surface area contributed by atoms with Crippen LogP contribution in [0.15, 0.2) is 8.95 Å². The van der Waals surface area contributed by atoms with Crippen molar-refractivity contribution in [3.63, 3.8) is 0 Å². The van der Waals surface area contributed by atoms with Gasteiger partial charge in [0.1, 0.15) is 11.5 Å². The van der Waals surface area contributed by atoms with Crippen LogP contribution in [-0.4, -0.2) is 14.2 Å². The molecule has 138 valence electrons. The fraction of sp³-hybridized carbons (Fsp3) is 0.700. The van der Waals surface area contributed by atoms with Gasteiger partial charge in [0.25, 0.3) is 0 Å². The molecule has 0 aliphatic heterocycles. The minimum atomic E-state index is 0.963. The van der Waals surface area contributed by atoms with Gasteiger partial charge in [-0.05, 0) is 57.5 Å². The number of ether oxygens (including phenoxy) is 2. The van der Waals surface area contributed by atoms with Crippen LogP contribution in [0.4, 0.5) is 0 Å². The molecule has 0 fully saturated rings. The summed E-state index contributed by atoms with van der Waals surface area (Å²) in [7, 11) is 3.52. The second-order valence-electron chi connectivity index (χ2n) is 6.27. The van der Waals surface area contributed by atoms with E-state index in [1.807, 2.05) is 0 Å². The fourth-order valence-corrected chi connectivity index (χ4v) is 4.63. The highest BCUT2D eigenvalue weighted by Crippen LogP contribution is 2.46. The maximum Gasteiger partial charge on any atom is 0.137 e. The number of methoxy groups -OCH3 is 2. The van der Waals surface area contributed by atoms with Crippen LogP contribution < -0.4 is 9.47 Å². The van der Waals surface area contributed by atoms with Crippen molar-refractivity contribution >= 4 is 31.9 Å². The molecule has 1 aromatic carbocycles. The van der Waals surface area contributed by atoms with Gasteiger partial charge >= 0.3 is 0 Å². The van der Waals surface area contributed by atoms with E-state index >= 15 is 0 Å². The van der Waals surface area contributed by atoms with E-state index in [-0.39, 0.29) is 0 Å². The Balaban J connectivity index is 3.06. The van der Waals surface area contributed by atoms with Crippen LogP contribution in [0, 0.1) is 0 Å². The summed E-state index contributed by atoms with van der Waals surface area (Å²) in [5.74, 6) is 1.93. The zero-order chi connectivity index (χ0) is 17.9. The maximum atomic E-state index is 5.75. The van der Waals surface area contributed by atoms with E-state index < -0.39 is 0 Å². The Morgan fingerprint density at radius 2 is 1.00 bits per heavy atom. The van der Waals surface area contributed by atoms with Crippen LogP contribution in [0.5, 0.6) is 11.5 Å². The molecule has 4 heteroatoms. The summed E-state index contributed by atoms with van der Waals surface area (Å²) in [4.78, 5) is 0. The molecule has 1 rings (SSSR count). The lowest BCUT2D eigenvalue weighted by Gasteiger charge is -2.20. The zero-order valence-electron chi connectivity index (χ0n) is 15.6. The predicted octanol–water partition coefficient (Wildman–Crippen LogP) is 7.47. The highest BCUT2D eigenvalue weighted by Gasteiger charge is 2.22. The summed E-state index contributed by atoms with van der Waals surface area (Å²) in [6, 6.07) is 0. The van der Waals surface area contributed by atoms with E-state index in [0.717, 1.165) is 33.3 Å². The molecule has 0 aliphatic rings. The van der Waals surface area contributed by atoms with Gasteiger partial charge in [-0.15, -0.1) is 0 Å². The number of unbranched alkanes of at least 4 members (excludes halogenated alkanes) is 6. The molecule has 0 N–H and O–H groups in total. The molecule has 0 radical (unpaired) electrons. The van der Waals surface area contributed by atoms with Crippen molar-refractivity contribution < 1.29 is 9.47 Å². The Labute approximate surface area is 165 Å². The van der Waals surface area contributed by atoms with E-state index in [4.69, 9.17) is 9.47 Å². The summed E-state index contributed by atoms with van der Waals surface area (Å²) < 4.78 is 13.6. The van der Waals surface area contributed by atoms with Crippen molar-refractivity contribution in [2.45, 2.75) is 78.1 Å². The van der Waals surface area contributed by atoms with Gasteiger partial charge < -0.3 is 9.47 Å². The zero-order valence-corrected chi connectivity index (χ0v) is 18.8. The summed E-state index contributed by atoms with van der Waals surface area (Å²) >= 11 is 7.57. The molecule has 0 atom stereocenters. The van der Waals surface area contributed by atoms with Crippen LogP contribution in [0.2, 0.25) is 0 Å². The lowest BCUT2D eigenvalue weighted by atomic mass is 9.99. The van der Waals surface area contributed by atoms with Gasteiger partial charge in [-0.3, -0.25) is 0 Å². The third-order valence-electron chi connectivity index (χ3n) is 4.45. The first-order valence-electron chi connectivity index (χ1n) is 9.22. The van der Waals surface area contributed by atoms with Crippen molar-refractivity contribution in [1.82, 2.24) is 0 Å². The Bertz CT molecular complexity index is 455. The quantitative estimate of drug-likeness (QED) is 0.299. The smallest absolute Gasteiger partial charge is 0.137 e. The minimum absolute atomic E-state index is 0.963. The van der Waals surface area contributed by atoms with Crippen LogP contribution in [0.25, 0.3) is 0 Å². The Hall–Kier alpha value is -0.220. The first kappa shape index (κ1) is 21.8. The standard InChI is InChI=1S/C20H32Br2O2/c1-5-7-9-11-13-15-17(21)20(24-4)16(14-12-10-8-6-2)18(22)19(15)23-3/h5-14H2,1-4H3. The number of benzene rings is 1. The molecule has 0 unspecified atom stereocenters. The van der Waals surface area contributed by atoms with Gasteiger partial charge in [0.2, 0.25) is 0 Å². The van der Waals surface area contributed by atoms with E-state index in [1.54, 1.807) is 14.2 Å². The highest BCUT2D eigenvalue weighted by molar-refractivity contribution is 9.11. The predicted molar refractivity (Wildman–Crippen MR) is 111 cm³/mol. The van der Waals surface area contributed by atoms with Gasteiger partial charge in [-0.2, -0.15) is 0 Å². The third-order valence-corrected chi connectivity index (χ3v) is 6.12. The molecule has 0 heterocycles. The lowest BCUT2D eigenvalue weighted by molar-refractivity contribution is 0.388. The van der Waals surface area contributed by atoms with Crippen molar-refractivity contribution in [3.8, 4) is 11.5 Å². The molecule has 0 saturated heterocycles. The SMILES string of the molecule is CCCCCCc1c(Br)c(OC)c(CCCCCC)c(Br)c1OC. The van der Waals surface area contributed by atoms with Crippen LogP contribution in [-0.2, 0) is 12.8 Å². The molecule has 2 nitrogen and oxygen atoms in total. The second-order valence-corrected chi connectivity index (χ2v) is 7.86. The number of rotatable bonds is 12. The highest BCUT2D eigenvalue weighted by atomic mass is 79.9. The van der Waals surface area contributed by atoms with E-state index in [1.165, 1.54) is 62.5 Å². The van der Waals surface area contributed by atoms with Gasteiger partial charge in [0.05, 0.1) is 23.2 Å². The first-order chi connectivity index (χ1) is 11.6. The Morgan fingerprint density at radius 3 is 1.29 bits per heavy atom. The van der Waals surface area contributed by atoms with Crippen molar-refractivity contribution in [2.24, 2.45) is 0 Å². The summed E-state index contributed by atoms with van der Waals surface area (Å²) in [5, 5.41) is 0.